The molecule has 1 N–H and O–H groups in total. The molecule has 0 aliphatic carbocycles. The Morgan fingerprint density at radius 1 is 1.24 bits per heavy atom. The van der Waals surface area contributed by atoms with Gasteiger partial charge in [-0.3, -0.25) is 9.12 Å². The fraction of sp³-hybridized carbons (Fsp3) is 0.125. The summed E-state index contributed by atoms with van der Waals surface area (Å²) in [6.45, 7) is 3.17. The maximum Gasteiger partial charge on any atom is 0.267 e. The maximum absolute atomic E-state index is 12.8. The van der Waals surface area contributed by atoms with Crippen molar-refractivity contribution in [1.29, 1.82) is 0 Å². The molecule has 0 aliphatic heterocycles. The van der Waals surface area contributed by atoms with Gasteiger partial charge in [-0.1, -0.05) is 23.4 Å². The van der Waals surface area contributed by atoms with Gasteiger partial charge >= 0.3 is 0 Å². The zero-order valence-corrected chi connectivity index (χ0v) is 15.1. The minimum Gasteiger partial charge on any atom is -0.360 e. The first-order chi connectivity index (χ1) is 12.0. The van der Waals surface area contributed by atoms with Gasteiger partial charge in [-0.2, -0.15) is 0 Å². The van der Waals surface area contributed by atoms with Crippen LogP contribution < -0.4 is 4.72 Å². The average molecular weight is 374 g/mol. The summed E-state index contributed by atoms with van der Waals surface area (Å²) in [5, 5.41) is 5.66. The second kappa shape index (κ2) is 5.71. The Hall–Kier alpha value is -2.65. The van der Waals surface area contributed by atoms with Crippen LogP contribution in [0.2, 0.25) is 0 Å². The molecule has 0 saturated carbocycles. The van der Waals surface area contributed by atoms with Gasteiger partial charge in [0.15, 0.2) is 15.6 Å². The number of aryl methyl sites for hydroxylation is 2. The molecule has 0 amide bonds. The molecule has 0 radical (unpaired) electrons. The van der Waals surface area contributed by atoms with Crippen molar-refractivity contribution < 1.29 is 12.9 Å². The van der Waals surface area contributed by atoms with E-state index in [-0.39, 0.29) is 10.7 Å². The van der Waals surface area contributed by atoms with Crippen LogP contribution in [-0.4, -0.2) is 23.0 Å². The van der Waals surface area contributed by atoms with Gasteiger partial charge in [0.1, 0.15) is 5.69 Å². The Labute approximate surface area is 148 Å². The first-order valence-corrected chi connectivity index (χ1v) is 9.79. The fourth-order valence-electron chi connectivity index (χ4n) is 2.71. The topological polar surface area (TPSA) is 89.5 Å². The number of benzene rings is 1. The number of rotatable bonds is 4. The Morgan fingerprint density at radius 3 is 2.76 bits per heavy atom. The maximum atomic E-state index is 12.8. The Bertz CT molecular complexity index is 1120. The van der Waals surface area contributed by atoms with Crippen LogP contribution >= 0.6 is 11.3 Å². The van der Waals surface area contributed by atoms with Crippen LogP contribution in [0.3, 0.4) is 0 Å². The third-order valence-corrected chi connectivity index (χ3v) is 6.16. The van der Waals surface area contributed by atoms with Gasteiger partial charge < -0.3 is 4.52 Å². The van der Waals surface area contributed by atoms with Crippen molar-refractivity contribution in [3.63, 3.8) is 0 Å². The molecular formula is C16H14N4O3S2. The van der Waals surface area contributed by atoms with Crippen molar-refractivity contribution in [3.05, 3.63) is 53.5 Å². The van der Waals surface area contributed by atoms with Gasteiger partial charge in [0, 0.05) is 23.3 Å². The molecule has 4 aromatic rings. The lowest BCUT2D eigenvalue weighted by molar-refractivity contribution is 0.390. The van der Waals surface area contributed by atoms with Crippen LogP contribution in [0.5, 0.6) is 0 Å². The number of sulfonamides is 1. The van der Waals surface area contributed by atoms with Crippen LogP contribution in [-0.2, 0) is 10.0 Å². The molecule has 0 bridgehead atoms. The number of fused-ring (bicyclic) bond motifs is 1. The molecule has 0 spiro atoms. The van der Waals surface area contributed by atoms with Crippen molar-refractivity contribution in [2.24, 2.45) is 0 Å². The highest BCUT2D eigenvalue weighted by Crippen LogP contribution is 2.31. The summed E-state index contributed by atoms with van der Waals surface area (Å²) in [6, 6.07) is 7.15. The molecular weight excluding hydrogens is 360 g/mol. The lowest BCUT2D eigenvalue weighted by Gasteiger charge is -2.11. The monoisotopic (exact) mass is 374 g/mol. The van der Waals surface area contributed by atoms with E-state index in [9.17, 15) is 8.42 Å². The summed E-state index contributed by atoms with van der Waals surface area (Å²) in [4.78, 5) is 5.46. The molecule has 4 rings (SSSR count). The number of aromatic nitrogens is 3. The quantitative estimate of drug-likeness (QED) is 0.591. The second-order valence-electron chi connectivity index (χ2n) is 5.52. The van der Waals surface area contributed by atoms with E-state index in [1.54, 1.807) is 26.0 Å². The number of thiazole rings is 1. The lowest BCUT2D eigenvalue weighted by Crippen LogP contribution is -2.15. The van der Waals surface area contributed by atoms with E-state index in [1.165, 1.54) is 11.3 Å². The molecule has 0 atom stereocenters. The summed E-state index contributed by atoms with van der Waals surface area (Å²) in [7, 11) is -3.82. The minimum absolute atomic E-state index is 0.0631. The van der Waals surface area contributed by atoms with Gasteiger partial charge in [0.25, 0.3) is 10.0 Å². The molecule has 7 nitrogen and oxygen atoms in total. The highest BCUT2D eigenvalue weighted by atomic mass is 32.2. The molecule has 3 aromatic heterocycles. The number of hydrogen-bond acceptors (Lipinski definition) is 6. The smallest absolute Gasteiger partial charge is 0.267 e. The van der Waals surface area contributed by atoms with Gasteiger partial charge in [-0.15, -0.1) is 11.3 Å². The van der Waals surface area contributed by atoms with Crippen LogP contribution in [0.15, 0.2) is 51.5 Å². The largest absolute Gasteiger partial charge is 0.360 e. The predicted molar refractivity (Wildman–Crippen MR) is 95.3 cm³/mol. The highest BCUT2D eigenvalue weighted by Gasteiger charge is 2.25. The molecule has 0 aliphatic rings. The molecule has 128 valence electrons. The van der Waals surface area contributed by atoms with Crippen molar-refractivity contribution in [2.45, 2.75) is 18.7 Å². The molecule has 25 heavy (non-hydrogen) atoms. The van der Waals surface area contributed by atoms with Gasteiger partial charge in [0.2, 0.25) is 0 Å². The first-order valence-electron chi connectivity index (χ1n) is 7.43. The van der Waals surface area contributed by atoms with E-state index >= 15 is 0 Å². The van der Waals surface area contributed by atoms with Crippen molar-refractivity contribution >= 4 is 32.0 Å². The van der Waals surface area contributed by atoms with Gasteiger partial charge in [0.05, 0.1) is 11.4 Å². The minimum atomic E-state index is -3.82. The van der Waals surface area contributed by atoms with Crippen LogP contribution in [0.4, 0.5) is 5.69 Å². The van der Waals surface area contributed by atoms with E-state index < -0.39 is 10.0 Å². The summed E-state index contributed by atoms with van der Waals surface area (Å²) >= 11 is 1.52. The van der Waals surface area contributed by atoms with Gasteiger partial charge in [-0.25, -0.2) is 13.4 Å². The predicted octanol–water partition coefficient (Wildman–Crippen LogP) is 3.47. The van der Waals surface area contributed by atoms with Crippen molar-refractivity contribution in [1.82, 2.24) is 14.5 Å². The molecule has 0 unspecified atom stereocenters. The average Bonchev–Trinajstić information content (AvgIpc) is 3.22. The summed E-state index contributed by atoms with van der Waals surface area (Å²) in [5.74, 6) is 0.255. The number of hydrogen-bond donors (Lipinski definition) is 1. The number of nitrogens with one attached hydrogen (secondary N) is 1. The number of para-hydroxylation sites is 1. The Balaban J connectivity index is 1.78. The van der Waals surface area contributed by atoms with Crippen LogP contribution in [0.1, 0.15) is 11.5 Å². The molecule has 0 saturated heterocycles. The van der Waals surface area contributed by atoms with Crippen molar-refractivity contribution in [2.75, 3.05) is 4.72 Å². The zero-order chi connectivity index (χ0) is 17.6. The standard InChI is InChI=1S/C16H14N4O3S2/c1-10-15(11(2)23-18-10)25(21,22)19-13-6-4-3-5-12(13)14-9-20-7-8-24-16(20)17-14/h3-9,19H,1-2H3. The number of nitrogens with zero attached hydrogens (tertiary/aromatic N) is 3. The normalized spacial score (nSPS) is 11.9. The number of anilines is 1. The third kappa shape index (κ3) is 2.71. The summed E-state index contributed by atoms with van der Waals surface area (Å²) < 4.78 is 35.1. The Kier molecular flexibility index (Phi) is 3.62. The Morgan fingerprint density at radius 2 is 2.04 bits per heavy atom. The van der Waals surface area contributed by atoms with Crippen LogP contribution in [0.25, 0.3) is 16.2 Å². The fourth-order valence-corrected chi connectivity index (χ4v) is 4.82. The summed E-state index contributed by atoms with van der Waals surface area (Å²) in [5.41, 5.74) is 2.18. The van der Waals surface area contributed by atoms with E-state index in [2.05, 4.69) is 14.9 Å². The molecule has 1 aromatic carbocycles. The van der Waals surface area contributed by atoms with E-state index in [0.29, 0.717) is 22.6 Å². The second-order valence-corrected chi connectivity index (χ2v) is 8.02. The van der Waals surface area contributed by atoms with Gasteiger partial charge in [-0.05, 0) is 19.9 Å². The van der Waals surface area contributed by atoms with E-state index in [0.717, 1.165) is 4.96 Å². The molecule has 9 heteroatoms. The van der Waals surface area contributed by atoms with E-state index in [1.807, 2.05) is 34.3 Å². The van der Waals surface area contributed by atoms with E-state index in [4.69, 9.17) is 4.52 Å². The molecule has 0 fully saturated rings. The highest BCUT2D eigenvalue weighted by molar-refractivity contribution is 7.92. The van der Waals surface area contributed by atoms with Crippen LogP contribution in [0, 0.1) is 13.8 Å². The molecule has 3 heterocycles. The SMILES string of the molecule is Cc1noc(C)c1S(=O)(=O)Nc1ccccc1-c1cn2ccsc2n1. The third-order valence-electron chi connectivity index (χ3n) is 3.78. The van der Waals surface area contributed by atoms with Crippen molar-refractivity contribution in [3.8, 4) is 11.3 Å². The zero-order valence-electron chi connectivity index (χ0n) is 13.4. The summed E-state index contributed by atoms with van der Waals surface area (Å²) in [6.07, 6.45) is 3.78. The first kappa shape index (κ1) is 15.9. The lowest BCUT2D eigenvalue weighted by atomic mass is 10.1. The number of imidazole rings is 1.